The highest BCUT2D eigenvalue weighted by molar-refractivity contribution is 7.80. The van der Waals surface area contributed by atoms with Gasteiger partial charge in [-0.05, 0) is 31.2 Å². The van der Waals surface area contributed by atoms with Gasteiger partial charge in [0.15, 0.2) is 5.11 Å². The molecule has 0 aliphatic carbocycles. The number of hydrogen-bond donors (Lipinski definition) is 2. The van der Waals surface area contributed by atoms with Crippen molar-refractivity contribution < 1.29 is 9.66 Å². The molecule has 1 heterocycles. The van der Waals surface area contributed by atoms with Gasteiger partial charge in [-0.25, -0.2) is 0 Å². The second-order valence-electron chi connectivity index (χ2n) is 5.25. The first-order chi connectivity index (χ1) is 11.7. The first-order valence-corrected chi connectivity index (χ1v) is 8.18. The molecule has 1 aromatic carbocycles. The molecule has 0 radical (unpaired) electrons. The number of para-hydroxylation sites is 1. The van der Waals surface area contributed by atoms with Crippen LogP contribution in [0, 0.1) is 10.1 Å². The molecule has 1 aliphatic heterocycles. The molecule has 1 fully saturated rings. The Morgan fingerprint density at radius 2 is 2.17 bits per heavy atom. The largest absolute Gasteiger partial charge is 0.379 e. The first kappa shape index (κ1) is 18.2. The Kier molecular flexibility index (Phi) is 7.53. The minimum Gasteiger partial charge on any atom is -0.379 e. The van der Waals surface area contributed by atoms with Crippen LogP contribution in [-0.2, 0) is 4.74 Å². The van der Waals surface area contributed by atoms with Crippen molar-refractivity contribution >= 4 is 29.2 Å². The van der Waals surface area contributed by atoms with Gasteiger partial charge in [0.2, 0.25) is 0 Å². The summed E-state index contributed by atoms with van der Waals surface area (Å²) in [7, 11) is 0. The molecule has 0 unspecified atom stereocenters. The maximum absolute atomic E-state index is 10.9. The molecule has 9 heteroatoms. The summed E-state index contributed by atoms with van der Waals surface area (Å²) >= 11 is 5.12. The predicted molar refractivity (Wildman–Crippen MR) is 96.3 cm³/mol. The van der Waals surface area contributed by atoms with E-state index in [1.165, 1.54) is 12.3 Å². The van der Waals surface area contributed by atoms with Crippen molar-refractivity contribution in [3.05, 3.63) is 39.9 Å². The van der Waals surface area contributed by atoms with Crippen LogP contribution in [0.2, 0.25) is 0 Å². The number of nitro benzene ring substituents is 1. The van der Waals surface area contributed by atoms with Crippen LogP contribution in [0.25, 0.3) is 0 Å². The van der Waals surface area contributed by atoms with Crippen LogP contribution in [-0.4, -0.2) is 60.5 Å². The molecule has 1 aliphatic rings. The van der Waals surface area contributed by atoms with Crippen molar-refractivity contribution in [2.45, 2.75) is 6.42 Å². The molecule has 130 valence electrons. The van der Waals surface area contributed by atoms with E-state index >= 15 is 0 Å². The number of ether oxygens (including phenoxy) is 1. The summed E-state index contributed by atoms with van der Waals surface area (Å²) in [5.74, 6) is 0. The molecule has 0 atom stereocenters. The Bertz CT molecular complexity index is 590. The minimum absolute atomic E-state index is 0.00689. The highest BCUT2D eigenvalue weighted by Gasteiger charge is 2.10. The van der Waals surface area contributed by atoms with Crippen LogP contribution in [0.1, 0.15) is 12.0 Å². The number of rotatable bonds is 7. The lowest BCUT2D eigenvalue weighted by atomic mass is 10.2. The monoisotopic (exact) mass is 351 g/mol. The molecule has 8 nitrogen and oxygen atoms in total. The van der Waals surface area contributed by atoms with E-state index in [9.17, 15) is 10.1 Å². The summed E-state index contributed by atoms with van der Waals surface area (Å²) in [5, 5.41) is 18.3. The van der Waals surface area contributed by atoms with Crippen molar-refractivity contribution in [2.24, 2.45) is 5.10 Å². The first-order valence-electron chi connectivity index (χ1n) is 7.77. The lowest BCUT2D eigenvalue weighted by Gasteiger charge is -2.26. The zero-order valence-corrected chi connectivity index (χ0v) is 14.1. The summed E-state index contributed by atoms with van der Waals surface area (Å²) < 4.78 is 5.30. The maximum atomic E-state index is 10.9. The third-order valence-corrected chi connectivity index (χ3v) is 3.78. The Morgan fingerprint density at radius 3 is 2.92 bits per heavy atom. The second kappa shape index (κ2) is 9.91. The van der Waals surface area contributed by atoms with Gasteiger partial charge >= 0.3 is 0 Å². The van der Waals surface area contributed by atoms with E-state index in [0.29, 0.717) is 10.7 Å². The molecule has 0 saturated carbocycles. The summed E-state index contributed by atoms with van der Waals surface area (Å²) in [6.07, 6.45) is 2.36. The molecule has 1 saturated heterocycles. The standard InChI is InChI=1S/C15H21N5O3S/c21-20(22)14-5-2-1-4-13(14)12-17-18-15(24)16-6-3-7-19-8-10-23-11-9-19/h1-2,4-5,12H,3,6-11H2,(H2,16,18,24)/b17-12-. The average molecular weight is 351 g/mol. The summed E-state index contributed by atoms with van der Waals surface area (Å²) in [6.45, 7) is 5.29. The van der Waals surface area contributed by atoms with Gasteiger partial charge in [-0.3, -0.25) is 20.4 Å². The van der Waals surface area contributed by atoms with Crippen LogP contribution in [0.4, 0.5) is 5.69 Å². The van der Waals surface area contributed by atoms with Gasteiger partial charge < -0.3 is 10.1 Å². The highest BCUT2D eigenvalue weighted by atomic mass is 32.1. The van der Waals surface area contributed by atoms with Crippen molar-refractivity contribution in [2.75, 3.05) is 39.4 Å². The van der Waals surface area contributed by atoms with Crippen LogP contribution in [0.3, 0.4) is 0 Å². The number of hydrazone groups is 1. The number of hydrogen-bond acceptors (Lipinski definition) is 6. The zero-order valence-electron chi connectivity index (χ0n) is 13.3. The highest BCUT2D eigenvalue weighted by Crippen LogP contribution is 2.14. The Hall–Kier alpha value is -2.10. The fourth-order valence-electron chi connectivity index (χ4n) is 2.29. The SMILES string of the molecule is O=[N+]([O-])c1ccccc1/C=N\NC(=S)NCCCN1CCOCC1. The van der Waals surface area contributed by atoms with Gasteiger partial charge in [-0.15, -0.1) is 0 Å². The molecule has 0 spiro atoms. The molecular formula is C15H21N5O3S. The smallest absolute Gasteiger partial charge is 0.278 e. The number of benzene rings is 1. The summed E-state index contributed by atoms with van der Waals surface area (Å²) in [6, 6.07) is 6.39. The van der Waals surface area contributed by atoms with Crippen molar-refractivity contribution in [1.82, 2.24) is 15.6 Å². The fraction of sp³-hybridized carbons (Fsp3) is 0.467. The average Bonchev–Trinajstić information content (AvgIpc) is 2.60. The third kappa shape index (κ3) is 6.19. The molecule has 0 bridgehead atoms. The number of morpholine rings is 1. The van der Waals surface area contributed by atoms with Gasteiger partial charge in [0, 0.05) is 25.7 Å². The third-order valence-electron chi connectivity index (χ3n) is 3.54. The van der Waals surface area contributed by atoms with E-state index in [-0.39, 0.29) is 5.69 Å². The molecule has 24 heavy (non-hydrogen) atoms. The Labute approximate surface area is 146 Å². The van der Waals surface area contributed by atoms with E-state index in [4.69, 9.17) is 17.0 Å². The van der Waals surface area contributed by atoms with Crippen LogP contribution >= 0.6 is 12.2 Å². The normalized spacial score (nSPS) is 15.3. The molecule has 0 aromatic heterocycles. The predicted octanol–water partition coefficient (Wildman–Crippen LogP) is 1.12. The Balaban J connectivity index is 1.66. The number of thiocarbonyl (C=S) groups is 1. The van der Waals surface area contributed by atoms with Gasteiger partial charge in [-0.1, -0.05) is 12.1 Å². The number of nitrogens with zero attached hydrogens (tertiary/aromatic N) is 3. The van der Waals surface area contributed by atoms with Crippen LogP contribution < -0.4 is 10.7 Å². The van der Waals surface area contributed by atoms with E-state index in [1.807, 2.05) is 0 Å². The van der Waals surface area contributed by atoms with Crippen LogP contribution in [0.5, 0.6) is 0 Å². The topological polar surface area (TPSA) is 92.0 Å². The van der Waals surface area contributed by atoms with Crippen molar-refractivity contribution in [1.29, 1.82) is 0 Å². The quantitative estimate of drug-likeness (QED) is 0.250. The van der Waals surface area contributed by atoms with Crippen molar-refractivity contribution in [3.63, 3.8) is 0 Å². The number of nitro groups is 1. The summed E-state index contributed by atoms with van der Waals surface area (Å²) in [4.78, 5) is 12.8. The van der Waals surface area contributed by atoms with Gasteiger partial charge in [-0.2, -0.15) is 5.10 Å². The minimum atomic E-state index is -0.441. The molecule has 1 aromatic rings. The molecule has 2 N–H and O–H groups in total. The second-order valence-corrected chi connectivity index (χ2v) is 5.66. The van der Waals surface area contributed by atoms with Gasteiger partial charge in [0.05, 0.1) is 29.9 Å². The number of nitrogens with one attached hydrogen (secondary N) is 2. The Morgan fingerprint density at radius 1 is 1.42 bits per heavy atom. The molecule has 0 amide bonds. The van der Waals surface area contributed by atoms with Crippen molar-refractivity contribution in [3.8, 4) is 0 Å². The van der Waals surface area contributed by atoms with E-state index in [2.05, 4.69) is 20.7 Å². The summed E-state index contributed by atoms with van der Waals surface area (Å²) in [5.41, 5.74) is 3.10. The van der Waals surface area contributed by atoms with E-state index in [0.717, 1.165) is 45.8 Å². The van der Waals surface area contributed by atoms with Gasteiger partial charge in [0.25, 0.3) is 5.69 Å². The lowest BCUT2D eigenvalue weighted by Crippen LogP contribution is -2.39. The maximum Gasteiger partial charge on any atom is 0.278 e. The lowest BCUT2D eigenvalue weighted by molar-refractivity contribution is -0.385. The molecular weight excluding hydrogens is 330 g/mol. The van der Waals surface area contributed by atoms with Gasteiger partial charge in [0.1, 0.15) is 0 Å². The zero-order chi connectivity index (χ0) is 17.2. The van der Waals surface area contributed by atoms with E-state index in [1.54, 1.807) is 18.2 Å². The molecule has 2 rings (SSSR count). The fourth-order valence-corrected chi connectivity index (χ4v) is 2.45. The van der Waals surface area contributed by atoms with Crippen LogP contribution in [0.15, 0.2) is 29.4 Å². The van der Waals surface area contributed by atoms with E-state index < -0.39 is 4.92 Å².